The topological polar surface area (TPSA) is 92.8 Å². The molecule has 0 saturated heterocycles. The van der Waals surface area contributed by atoms with E-state index in [2.05, 4.69) is 4.72 Å². The Kier molecular flexibility index (Phi) is 5.45. The van der Waals surface area contributed by atoms with Crippen molar-refractivity contribution in [3.63, 3.8) is 0 Å². The number of fused-ring (bicyclic) bond motifs is 1. The molecule has 7 nitrogen and oxygen atoms in total. The molecule has 1 N–H and O–H groups in total. The molecule has 0 atom stereocenters. The molecule has 0 aliphatic carbocycles. The first-order valence-electron chi connectivity index (χ1n) is 8.37. The molecule has 0 aromatic heterocycles. The van der Waals surface area contributed by atoms with E-state index in [1.54, 1.807) is 43.5 Å². The summed E-state index contributed by atoms with van der Waals surface area (Å²) < 4.78 is 57.5. The molecule has 0 bridgehead atoms. The summed E-state index contributed by atoms with van der Waals surface area (Å²) in [5, 5.41) is 0. The Morgan fingerprint density at radius 3 is 2.37 bits per heavy atom. The van der Waals surface area contributed by atoms with Gasteiger partial charge in [0.05, 0.1) is 19.1 Å². The van der Waals surface area contributed by atoms with Gasteiger partial charge < -0.3 is 4.74 Å². The summed E-state index contributed by atoms with van der Waals surface area (Å²) in [5.74, 6) is 0.498. The first-order valence-corrected chi connectivity index (χ1v) is 11.9. The predicted molar refractivity (Wildman–Crippen MR) is 105 cm³/mol. The Labute approximate surface area is 160 Å². The van der Waals surface area contributed by atoms with Crippen LogP contribution in [0.5, 0.6) is 5.75 Å². The zero-order chi connectivity index (χ0) is 19.7. The number of anilines is 1. The van der Waals surface area contributed by atoms with E-state index in [1.807, 2.05) is 6.07 Å². The fourth-order valence-electron chi connectivity index (χ4n) is 3.03. The van der Waals surface area contributed by atoms with E-state index >= 15 is 0 Å². The third-order valence-electron chi connectivity index (χ3n) is 4.44. The van der Waals surface area contributed by atoms with Crippen LogP contribution in [0.2, 0.25) is 0 Å². The Balaban J connectivity index is 1.75. The van der Waals surface area contributed by atoms with Gasteiger partial charge in [0.25, 0.3) is 0 Å². The summed E-state index contributed by atoms with van der Waals surface area (Å²) in [4.78, 5) is 0. The summed E-state index contributed by atoms with van der Waals surface area (Å²) in [6.45, 7) is 0.691. The third kappa shape index (κ3) is 5.00. The van der Waals surface area contributed by atoms with Crippen LogP contribution in [-0.4, -0.2) is 41.1 Å². The highest BCUT2D eigenvalue weighted by molar-refractivity contribution is 7.91. The molecule has 1 aliphatic heterocycles. The van der Waals surface area contributed by atoms with E-state index in [0.29, 0.717) is 30.0 Å². The number of sulfonamides is 2. The van der Waals surface area contributed by atoms with Gasteiger partial charge in [-0.05, 0) is 47.4 Å². The highest BCUT2D eigenvalue weighted by atomic mass is 32.2. The van der Waals surface area contributed by atoms with Gasteiger partial charge >= 0.3 is 0 Å². The number of hydrogen-bond donors (Lipinski definition) is 1. The fourth-order valence-corrected chi connectivity index (χ4v) is 5.02. The predicted octanol–water partition coefficient (Wildman–Crippen LogP) is 1.95. The molecule has 9 heteroatoms. The van der Waals surface area contributed by atoms with E-state index in [-0.39, 0.29) is 12.3 Å². The number of nitrogens with zero attached hydrogens (tertiary/aromatic N) is 1. The lowest BCUT2D eigenvalue weighted by Crippen LogP contribution is -2.35. The van der Waals surface area contributed by atoms with Crippen molar-refractivity contribution in [1.82, 2.24) is 4.31 Å². The van der Waals surface area contributed by atoms with Gasteiger partial charge in [-0.15, -0.1) is 0 Å². The number of ether oxygens (including phenoxy) is 1. The second-order valence-electron chi connectivity index (χ2n) is 6.54. The van der Waals surface area contributed by atoms with Crippen molar-refractivity contribution in [2.75, 3.05) is 24.6 Å². The average molecular weight is 411 g/mol. The number of hydrogen-bond acceptors (Lipinski definition) is 5. The van der Waals surface area contributed by atoms with Crippen LogP contribution >= 0.6 is 0 Å². The van der Waals surface area contributed by atoms with E-state index in [4.69, 9.17) is 4.74 Å². The maximum atomic E-state index is 12.5. The van der Waals surface area contributed by atoms with Gasteiger partial charge in [-0.1, -0.05) is 18.2 Å². The van der Waals surface area contributed by atoms with Crippen LogP contribution in [0.1, 0.15) is 16.7 Å². The van der Waals surface area contributed by atoms with Crippen LogP contribution in [0.4, 0.5) is 5.69 Å². The van der Waals surface area contributed by atoms with Gasteiger partial charge in [0, 0.05) is 18.8 Å². The van der Waals surface area contributed by atoms with Crippen molar-refractivity contribution >= 4 is 25.7 Å². The monoisotopic (exact) mass is 410 g/mol. The smallest absolute Gasteiger partial charge is 0.236 e. The molecule has 0 spiro atoms. The minimum atomic E-state index is -3.60. The number of benzene rings is 2. The minimum absolute atomic E-state index is 0.163. The largest absolute Gasteiger partial charge is 0.497 e. The lowest BCUT2D eigenvalue weighted by atomic mass is 10.0. The number of nitrogens with one attached hydrogen (secondary N) is 1. The highest BCUT2D eigenvalue weighted by Crippen LogP contribution is 2.25. The molecule has 27 heavy (non-hydrogen) atoms. The molecule has 0 saturated carbocycles. The summed E-state index contributed by atoms with van der Waals surface area (Å²) >= 11 is 0. The molecule has 0 radical (unpaired) electrons. The highest BCUT2D eigenvalue weighted by Gasteiger charge is 2.23. The molecule has 0 fully saturated rings. The second kappa shape index (κ2) is 7.49. The van der Waals surface area contributed by atoms with Crippen LogP contribution < -0.4 is 9.46 Å². The first kappa shape index (κ1) is 19.7. The summed E-state index contributed by atoms with van der Waals surface area (Å²) in [5.41, 5.74) is 2.92. The molecule has 1 aliphatic rings. The van der Waals surface area contributed by atoms with Crippen LogP contribution in [0, 0.1) is 0 Å². The van der Waals surface area contributed by atoms with Gasteiger partial charge in [0.2, 0.25) is 20.0 Å². The second-order valence-corrected chi connectivity index (χ2v) is 10.2. The van der Waals surface area contributed by atoms with Crippen molar-refractivity contribution in [1.29, 1.82) is 0 Å². The van der Waals surface area contributed by atoms with Crippen molar-refractivity contribution < 1.29 is 21.6 Å². The Hall–Kier alpha value is -2.10. The lowest BCUT2D eigenvalue weighted by Gasteiger charge is -2.27. The van der Waals surface area contributed by atoms with Crippen molar-refractivity contribution in [2.45, 2.75) is 18.7 Å². The van der Waals surface area contributed by atoms with E-state index in [1.165, 1.54) is 10.6 Å². The van der Waals surface area contributed by atoms with E-state index in [9.17, 15) is 16.8 Å². The molecular weight excluding hydrogens is 388 g/mol. The zero-order valence-electron chi connectivity index (χ0n) is 15.2. The van der Waals surface area contributed by atoms with Gasteiger partial charge in [-0.2, -0.15) is 4.31 Å². The SMILES string of the molecule is COc1ccc(CS(=O)(=O)Nc2ccc3c(c2)CN(S(C)(=O)=O)CC3)cc1. The normalized spacial score (nSPS) is 15.2. The average Bonchev–Trinajstić information content (AvgIpc) is 2.60. The molecule has 0 amide bonds. The molecule has 3 rings (SSSR count). The maximum Gasteiger partial charge on any atom is 0.236 e. The zero-order valence-corrected chi connectivity index (χ0v) is 16.8. The summed E-state index contributed by atoms with van der Waals surface area (Å²) in [6, 6.07) is 12.1. The summed E-state index contributed by atoms with van der Waals surface area (Å²) in [6.07, 6.45) is 1.79. The van der Waals surface area contributed by atoms with Crippen LogP contribution in [-0.2, 0) is 38.8 Å². The molecule has 0 unspecified atom stereocenters. The molecule has 2 aromatic rings. The van der Waals surface area contributed by atoms with Crippen molar-refractivity contribution in [3.05, 3.63) is 59.2 Å². The van der Waals surface area contributed by atoms with E-state index in [0.717, 1.165) is 11.1 Å². The first-order chi connectivity index (χ1) is 12.7. The fraction of sp³-hybridized carbons (Fsp3) is 0.333. The minimum Gasteiger partial charge on any atom is -0.497 e. The molecule has 146 valence electrons. The Morgan fingerprint density at radius 2 is 1.74 bits per heavy atom. The third-order valence-corrected chi connectivity index (χ3v) is 6.95. The Morgan fingerprint density at radius 1 is 1.04 bits per heavy atom. The van der Waals surface area contributed by atoms with Crippen LogP contribution in [0.15, 0.2) is 42.5 Å². The van der Waals surface area contributed by atoms with Gasteiger partial charge in [-0.3, -0.25) is 4.72 Å². The van der Waals surface area contributed by atoms with Crippen molar-refractivity contribution in [3.8, 4) is 5.75 Å². The Bertz CT molecular complexity index is 1030. The van der Waals surface area contributed by atoms with Crippen molar-refractivity contribution in [2.24, 2.45) is 0 Å². The van der Waals surface area contributed by atoms with E-state index < -0.39 is 20.0 Å². The van der Waals surface area contributed by atoms with Gasteiger partial charge in [0.15, 0.2) is 0 Å². The quantitative estimate of drug-likeness (QED) is 0.786. The number of rotatable bonds is 6. The molecule has 1 heterocycles. The number of methoxy groups -OCH3 is 1. The standard InChI is InChI=1S/C18H22N2O5S2/c1-25-18-7-3-14(4-8-18)13-27(23,24)19-17-6-5-15-9-10-20(26(2,21)22)12-16(15)11-17/h3-8,11,19H,9-10,12-13H2,1-2H3. The maximum absolute atomic E-state index is 12.5. The molecule has 2 aromatic carbocycles. The lowest BCUT2D eigenvalue weighted by molar-refractivity contribution is 0.395. The van der Waals surface area contributed by atoms with Gasteiger partial charge in [-0.25, -0.2) is 16.8 Å². The van der Waals surface area contributed by atoms with Gasteiger partial charge in [0.1, 0.15) is 5.75 Å². The molecular formula is C18H22N2O5S2. The summed E-state index contributed by atoms with van der Waals surface area (Å²) in [7, 11) is -5.33. The van der Waals surface area contributed by atoms with Crippen LogP contribution in [0.25, 0.3) is 0 Å². The van der Waals surface area contributed by atoms with Crippen LogP contribution in [0.3, 0.4) is 0 Å².